The first-order chi connectivity index (χ1) is 6.68. The maximum absolute atomic E-state index is 5.17. The second-order valence-corrected chi connectivity index (χ2v) is 2.67. The van der Waals surface area contributed by atoms with Gasteiger partial charge >= 0.3 is 5.96 Å². The zero-order chi connectivity index (χ0) is 10.4. The number of rotatable bonds is 3. The zero-order valence-corrected chi connectivity index (χ0v) is 7.90. The minimum Gasteiger partial charge on any atom is -0.465 e. The van der Waals surface area contributed by atoms with Crippen LogP contribution in [0.1, 0.15) is 12.7 Å². The molecule has 0 amide bonds. The number of furan rings is 1. The second-order valence-electron chi connectivity index (χ2n) is 2.67. The minimum absolute atomic E-state index is 0.0655. The van der Waals surface area contributed by atoms with E-state index in [0.717, 1.165) is 11.5 Å². The maximum Gasteiger partial charge on any atom is 0.362 e. The number of nitrogens with one attached hydrogen (secondary N) is 1. The van der Waals surface area contributed by atoms with Gasteiger partial charge in [0.1, 0.15) is 5.76 Å². The third kappa shape index (κ3) is 3.57. The Morgan fingerprint density at radius 1 is 1.57 bits per heavy atom. The lowest BCUT2D eigenvalue weighted by molar-refractivity contribution is -0.464. The number of nitrogens with two attached hydrogens (primary N) is 2. The lowest BCUT2D eigenvalue weighted by atomic mass is 10.3. The first-order valence-corrected chi connectivity index (χ1v) is 4.08. The highest BCUT2D eigenvalue weighted by atomic mass is 16.3. The predicted octanol–water partition coefficient (Wildman–Crippen LogP) is -0.977. The third-order valence-electron chi connectivity index (χ3n) is 1.39. The van der Waals surface area contributed by atoms with Crippen molar-refractivity contribution >= 4 is 17.7 Å². The number of allylic oxidation sites excluding steroid dienone is 1. The fraction of sp³-hybridized carbons (Fsp3) is 0.111. The van der Waals surface area contributed by atoms with Gasteiger partial charge in [0, 0.05) is 0 Å². The first kappa shape index (κ1) is 10.0. The quantitative estimate of drug-likeness (QED) is 0.327. The van der Waals surface area contributed by atoms with E-state index in [9.17, 15) is 0 Å². The van der Waals surface area contributed by atoms with Crippen molar-refractivity contribution in [1.82, 2.24) is 0 Å². The average molecular weight is 193 g/mol. The zero-order valence-electron chi connectivity index (χ0n) is 7.90. The van der Waals surface area contributed by atoms with Crippen molar-refractivity contribution in [3.05, 3.63) is 30.2 Å². The molecule has 0 unspecified atom stereocenters. The van der Waals surface area contributed by atoms with Crippen LogP contribution in [0.2, 0.25) is 0 Å². The maximum atomic E-state index is 5.17. The van der Waals surface area contributed by atoms with Gasteiger partial charge in [-0.1, -0.05) is 0 Å². The molecule has 74 valence electrons. The van der Waals surface area contributed by atoms with Gasteiger partial charge in [-0.2, -0.15) is 5.10 Å². The summed E-state index contributed by atoms with van der Waals surface area (Å²) in [6, 6.07) is 3.66. The Bertz CT molecular complexity index is 358. The molecule has 0 spiro atoms. The molecule has 1 rings (SSSR count). The summed E-state index contributed by atoms with van der Waals surface area (Å²) in [6.45, 7) is 1.81. The fourth-order valence-corrected chi connectivity index (χ4v) is 0.779. The molecule has 5 N–H and O–H groups in total. The van der Waals surface area contributed by atoms with Crippen molar-refractivity contribution in [3.8, 4) is 0 Å². The third-order valence-corrected chi connectivity index (χ3v) is 1.39. The Morgan fingerprint density at radius 2 is 2.36 bits per heavy atom. The number of hydrazone groups is 1. The highest BCUT2D eigenvalue weighted by Crippen LogP contribution is 2.01. The van der Waals surface area contributed by atoms with Crippen molar-refractivity contribution in [1.29, 1.82) is 0 Å². The molecular formula is C9H13N4O+. The topological polar surface area (TPSA) is 91.5 Å². The summed E-state index contributed by atoms with van der Waals surface area (Å²) < 4.78 is 5.09. The van der Waals surface area contributed by atoms with Gasteiger partial charge in [-0.25, -0.2) is 0 Å². The number of nitrogens with zero attached hydrogens (tertiary/aromatic N) is 1. The average Bonchev–Trinajstić information content (AvgIpc) is 2.63. The molecule has 0 radical (unpaired) electrons. The Kier molecular flexibility index (Phi) is 3.49. The predicted molar refractivity (Wildman–Crippen MR) is 55.2 cm³/mol. The van der Waals surface area contributed by atoms with Crippen LogP contribution >= 0.6 is 0 Å². The van der Waals surface area contributed by atoms with Gasteiger partial charge in [0.15, 0.2) is 0 Å². The number of hydrogen-bond donors (Lipinski definition) is 3. The van der Waals surface area contributed by atoms with Crippen LogP contribution in [-0.4, -0.2) is 11.7 Å². The smallest absolute Gasteiger partial charge is 0.362 e. The van der Waals surface area contributed by atoms with Gasteiger partial charge in [0.05, 0.1) is 12.0 Å². The monoisotopic (exact) mass is 193 g/mol. The Balaban J connectivity index is 2.61. The van der Waals surface area contributed by atoms with E-state index in [1.165, 1.54) is 0 Å². The lowest BCUT2D eigenvalue weighted by Crippen LogP contribution is -2.72. The van der Waals surface area contributed by atoms with Crippen LogP contribution < -0.4 is 16.6 Å². The normalized spacial score (nSPS) is 11.9. The molecule has 0 aliphatic carbocycles. The van der Waals surface area contributed by atoms with Crippen LogP contribution in [0.5, 0.6) is 0 Å². The summed E-state index contributed by atoms with van der Waals surface area (Å²) >= 11 is 0. The molecule has 0 atom stereocenters. The standard InChI is InChI=1S/C9H12N4O/c1-7(12-13-9(10)11)4-5-8-3-2-6-14-8/h2-6H,1H3,(H4,10,11,13)/p+1/b5-4+,12-7-. The Labute approximate surface area is 81.8 Å². The highest BCUT2D eigenvalue weighted by molar-refractivity contribution is 5.95. The van der Waals surface area contributed by atoms with Crippen LogP contribution in [0.15, 0.2) is 34.0 Å². The molecule has 1 aromatic heterocycles. The summed E-state index contributed by atoms with van der Waals surface area (Å²) in [5, 5.41) is 6.33. The summed E-state index contributed by atoms with van der Waals surface area (Å²) in [7, 11) is 0. The van der Waals surface area contributed by atoms with Crippen LogP contribution in [0.3, 0.4) is 0 Å². The van der Waals surface area contributed by atoms with Crippen molar-refractivity contribution in [2.75, 3.05) is 0 Å². The fourth-order valence-electron chi connectivity index (χ4n) is 0.779. The van der Waals surface area contributed by atoms with Gasteiger partial charge in [-0.05, 0) is 31.2 Å². The SMILES string of the molecule is CC(/C=C/c1ccco1)=N/[NH+]=C(N)N. The molecular weight excluding hydrogens is 180 g/mol. The summed E-state index contributed by atoms with van der Waals surface area (Å²) in [4.78, 5) is 0. The molecule has 0 fully saturated rings. The number of guanidine groups is 1. The van der Waals surface area contributed by atoms with Crippen LogP contribution in [0, 0.1) is 0 Å². The second kappa shape index (κ2) is 4.86. The summed E-state index contributed by atoms with van der Waals surface area (Å²) in [5.74, 6) is 0.833. The van der Waals surface area contributed by atoms with E-state index >= 15 is 0 Å². The van der Waals surface area contributed by atoms with E-state index in [-0.39, 0.29) is 5.96 Å². The van der Waals surface area contributed by atoms with Gasteiger partial charge in [-0.15, -0.1) is 5.10 Å². The summed E-state index contributed by atoms with van der Waals surface area (Å²) in [5.41, 5.74) is 11.1. The molecule has 0 aliphatic rings. The van der Waals surface area contributed by atoms with E-state index in [1.54, 1.807) is 18.4 Å². The van der Waals surface area contributed by atoms with Crippen molar-refractivity contribution in [3.63, 3.8) is 0 Å². The molecule has 14 heavy (non-hydrogen) atoms. The van der Waals surface area contributed by atoms with E-state index < -0.39 is 0 Å². The van der Waals surface area contributed by atoms with E-state index in [4.69, 9.17) is 15.9 Å². The minimum atomic E-state index is 0.0655. The molecule has 1 heterocycles. The molecule has 0 bridgehead atoms. The van der Waals surface area contributed by atoms with E-state index in [0.29, 0.717) is 0 Å². The Hall–Kier alpha value is -2.04. The van der Waals surface area contributed by atoms with E-state index in [1.807, 2.05) is 19.1 Å². The first-order valence-electron chi connectivity index (χ1n) is 4.08. The molecule has 0 aliphatic heterocycles. The highest BCUT2D eigenvalue weighted by Gasteiger charge is 1.89. The van der Waals surface area contributed by atoms with Crippen LogP contribution in [0.25, 0.3) is 6.08 Å². The molecule has 0 saturated carbocycles. The molecule has 5 heteroatoms. The van der Waals surface area contributed by atoms with Crippen LogP contribution in [-0.2, 0) is 0 Å². The van der Waals surface area contributed by atoms with Crippen molar-refractivity contribution in [2.24, 2.45) is 16.6 Å². The largest absolute Gasteiger partial charge is 0.465 e. The van der Waals surface area contributed by atoms with Gasteiger partial charge in [0.25, 0.3) is 0 Å². The van der Waals surface area contributed by atoms with E-state index in [2.05, 4.69) is 10.2 Å². The number of hydrogen-bond acceptors (Lipinski definition) is 2. The molecule has 1 aromatic rings. The van der Waals surface area contributed by atoms with Gasteiger partial charge < -0.3 is 4.42 Å². The van der Waals surface area contributed by atoms with Gasteiger partial charge in [0.2, 0.25) is 0 Å². The summed E-state index contributed by atoms with van der Waals surface area (Å²) in [6.07, 6.45) is 5.19. The van der Waals surface area contributed by atoms with Gasteiger partial charge in [-0.3, -0.25) is 11.5 Å². The van der Waals surface area contributed by atoms with Crippen LogP contribution in [0.4, 0.5) is 0 Å². The van der Waals surface area contributed by atoms with Crippen molar-refractivity contribution < 1.29 is 9.52 Å². The molecule has 0 saturated heterocycles. The molecule has 0 aromatic carbocycles. The lowest BCUT2D eigenvalue weighted by Gasteiger charge is -1.86. The molecule has 5 nitrogen and oxygen atoms in total. The Morgan fingerprint density at radius 3 is 2.93 bits per heavy atom. The van der Waals surface area contributed by atoms with Crippen molar-refractivity contribution in [2.45, 2.75) is 6.92 Å².